The maximum Gasteiger partial charge on any atom is 0.277 e. The summed E-state index contributed by atoms with van der Waals surface area (Å²) in [5, 5.41) is 19.4. The van der Waals surface area contributed by atoms with Gasteiger partial charge in [0.1, 0.15) is 0 Å². The Hall–Kier alpha value is -3.46. The molecular formula is C17H13N5O. The molecule has 0 bridgehead atoms. The fourth-order valence-corrected chi connectivity index (χ4v) is 2.11. The van der Waals surface area contributed by atoms with E-state index >= 15 is 0 Å². The summed E-state index contributed by atoms with van der Waals surface area (Å²) in [6.45, 7) is 0.547. The van der Waals surface area contributed by atoms with Crippen LogP contribution >= 0.6 is 0 Å². The van der Waals surface area contributed by atoms with Crippen molar-refractivity contribution in [2.45, 2.75) is 6.54 Å². The molecule has 0 saturated heterocycles. The van der Waals surface area contributed by atoms with E-state index in [-0.39, 0.29) is 11.6 Å². The van der Waals surface area contributed by atoms with E-state index in [0.29, 0.717) is 17.8 Å². The summed E-state index contributed by atoms with van der Waals surface area (Å²) in [6, 6.07) is 18.5. The van der Waals surface area contributed by atoms with Gasteiger partial charge in [0.2, 0.25) is 0 Å². The molecule has 3 aromatic rings. The lowest BCUT2D eigenvalue weighted by molar-refractivity contribution is 0.102. The number of carbonyl (C=O) groups excluding carboxylic acids is 1. The van der Waals surface area contributed by atoms with Crippen LogP contribution in [0.25, 0.3) is 0 Å². The first-order valence-corrected chi connectivity index (χ1v) is 7.00. The first-order chi connectivity index (χ1) is 11.2. The molecule has 0 fully saturated rings. The van der Waals surface area contributed by atoms with Gasteiger partial charge >= 0.3 is 0 Å². The zero-order chi connectivity index (χ0) is 16.1. The van der Waals surface area contributed by atoms with Gasteiger partial charge in [-0.05, 0) is 23.8 Å². The van der Waals surface area contributed by atoms with Crippen molar-refractivity contribution >= 4 is 11.6 Å². The Labute approximate surface area is 133 Å². The molecule has 1 heterocycles. The summed E-state index contributed by atoms with van der Waals surface area (Å²) in [7, 11) is 0. The lowest BCUT2D eigenvalue weighted by atomic mass is 10.2. The second-order valence-corrected chi connectivity index (χ2v) is 4.93. The van der Waals surface area contributed by atoms with Crippen LogP contribution in [0.5, 0.6) is 0 Å². The van der Waals surface area contributed by atoms with Crippen LogP contribution in [0, 0.1) is 11.3 Å². The molecule has 0 atom stereocenters. The largest absolute Gasteiger partial charge is 0.321 e. The van der Waals surface area contributed by atoms with E-state index in [1.165, 1.54) is 0 Å². The molecule has 23 heavy (non-hydrogen) atoms. The van der Waals surface area contributed by atoms with Gasteiger partial charge in [-0.2, -0.15) is 5.26 Å². The van der Waals surface area contributed by atoms with Crippen LogP contribution in [0.4, 0.5) is 5.69 Å². The minimum absolute atomic E-state index is 0.225. The Bertz CT molecular complexity index is 864. The molecule has 1 aromatic heterocycles. The lowest BCUT2D eigenvalue weighted by Crippen LogP contribution is -2.12. The van der Waals surface area contributed by atoms with E-state index in [2.05, 4.69) is 15.6 Å². The zero-order valence-electron chi connectivity index (χ0n) is 12.2. The molecule has 0 aliphatic heterocycles. The molecule has 6 heteroatoms. The van der Waals surface area contributed by atoms with Gasteiger partial charge in [0.15, 0.2) is 5.69 Å². The standard InChI is InChI=1S/C17H13N5O/c18-10-14-7-4-8-15(9-14)19-17(23)16-12-22(21-20-16)11-13-5-2-1-3-6-13/h1-9,12H,11H2,(H,19,23). The number of hydrogen-bond donors (Lipinski definition) is 1. The molecule has 6 nitrogen and oxygen atoms in total. The maximum absolute atomic E-state index is 12.2. The highest BCUT2D eigenvalue weighted by molar-refractivity contribution is 6.02. The smallest absolute Gasteiger partial charge is 0.277 e. The van der Waals surface area contributed by atoms with Gasteiger partial charge in [0.25, 0.3) is 5.91 Å². The topological polar surface area (TPSA) is 83.6 Å². The number of benzene rings is 2. The molecule has 2 aromatic carbocycles. The molecular weight excluding hydrogens is 290 g/mol. The van der Waals surface area contributed by atoms with Crippen molar-refractivity contribution in [2.24, 2.45) is 0 Å². The third-order valence-corrected chi connectivity index (χ3v) is 3.21. The van der Waals surface area contributed by atoms with Crippen LogP contribution in [0.15, 0.2) is 60.8 Å². The van der Waals surface area contributed by atoms with Gasteiger partial charge in [-0.1, -0.05) is 41.6 Å². The fraction of sp³-hybridized carbons (Fsp3) is 0.0588. The zero-order valence-corrected chi connectivity index (χ0v) is 12.2. The maximum atomic E-state index is 12.2. The van der Waals surface area contributed by atoms with Crippen molar-refractivity contribution in [2.75, 3.05) is 5.32 Å². The Balaban J connectivity index is 1.70. The number of nitrogens with zero attached hydrogens (tertiary/aromatic N) is 4. The summed E-state index contributed by atoms with van der Waals surface area (Å²) in [4.78, 5) is 12.2. The predicted molar refractivity (Wildman–Crippen MR) is 84.7 cm³/mol. The average Bonchev–Trinajstić information content (AvgIpc) is 3.04. The minimum atomic E-state index is -0.362. The third-order valence-electron chi connectivity index (χ3n) is 3.21. The number of carbonyl (C=O) groups is 1. The van der Waals surface area contributed by atoms with Crippen LogP contribution < -0.4 is 5.32 Å². The number of hydrogen-bond acceptors (Lipinski definition) is 4. The van der Waals surface area contributed by atoms with E-state index in [0.717, 1.165) is 5.56 Å². The molecule has 0 aliphatic carbocycles. The van der Waals surface area contributed by atoms with Gasteiger partial charge in [-0.15, -0.1) is 5.10 Å². The number of anilines is 1. The van der Waals surface area contributed by atoms with E-state index in [4.69, 9.17) is 5.26 Å². The Morgan fingerprint density at radius 3 is 2.78 bits per heavy atom. The normalized spacial score (nSPS) is 10.0. The van der Waals surface area contributed by atoms with E-state index in [1.807, 2.05) is 36.4 Å². The highest BCUT2D eigenvalue weighted by Gasteiger charge is 2.11. The van der Waals surface area contributed by atoms with Crippen LogP contribution in [0.1, 0.15) is 21.6 Å². The highest BCUT2D eigenvalue weighted by Crippen LogP contribution is 2.11. The quantitative estimate of drug-likeness (QED) is 0.802. The summed E-state index contributed by atoms with van der Waals surface area (Å²) >= 11 is 0. The Kier molecular flexibility index (Phi) is 4.11. The van der Waals surface area contributed by atoms with Crippen molar-refractivity contribution in [3.05, 3.63) is 77.6 Å². The van der Waals surface area contributed by atoms with Gasteiger partial charge in [-0.25, -0.2) is 4.68 Å². The summed E-state index contributed by atoms with van der Waals surface area (Å²) in [5.74, 6) is -0.362. The van der Waals surface area contributed by atoms with Gasteiger partial charge in [0, 0.05) is 5.69 Å². The number of aromatic nitrogens is 3. The first-order valence-electron chi connectivity index (χ1n) is 7.00. The van der Waals surface area contributed by atoms with Crippen molar-refractivity contribution in [3.8, 4) is 6.07 Å². The fourth-order valence-electron chi connectivity index (χ4n) is 2.11. The van der Waals surface area contributed by atoms with Crippen LogP contribution in [0.2, 0.25) is 0 Å². The first kappa shape index (κ1) is 14.5. The Morgan fingerprint density at radius 1 is 1.17 bits per heavy atom. The summed E-state index contributed by atoms with van der Waals surface area (Å²) < 4.78 is 1.61. The molecule has 0 saturated carbocycles. The molecule has 1 N–H and O–H groups in total. The third kappa shape index (κ3) is 3.60. The number of nitrogens with one attached hydrogen (secondary N) is 1. The molecule has 1 amide bonds. The number of rotatable bonds is 4. The lowest BCUT2D eigenvalue weighted by Gasteiger charge is -2.02. The second kappa shape index (κ2) is 6.54. The van der Waals surface area contributed by atoms with Crippen molar-refractivity contribution < 1.29 is 4.79 Å². The van der Waals surface area contributed by atoms with Crippen LogP contribution in [-0.2, 0) is 6.54 Å². The van der Waals surface area contributed by atoms with E-state index < -0.39 is 0 Å². The molecule has 3 rings (SSSR count). The SMILES string of the molecule is N#Cc1cccc(NC(=O)c2cn(Cc3ccccc3)nn2)c1. The Morgan fingerprint density at radius 2 is 2.00 bits per heavy atom. The predicted octanol–water partition coefficient (Wildman–Crippen LogP) is 2.45. The van der Waals surface area contributed by atoms with E-state index in [1.54, 1.807) is 35.1 Å². The average molecular weight is 303 g/mol. The monoisotopic (exact) mass is 303 g/mol. The minimum Gasteiger partial charge on any atom is -0.321 e. The van der Waals surface area contributed by atoms with E-state index in [9.17, 15) is 4.79 Å². The summed E-state index contributed by atoms with van der Waals surface area (Å²) in [6.07, 6.45) is 1.59. The molecule has 0 aliphatic rings. The van der Waals surface area contributed by atoms with Crippen molar-refractivity contribution in [1.82, 2.24) is 15.0 Å². The molecule has 0 radical (unpaired) electrons. The van der Waals surface area contributed by atoms with Gasteiger partial charge in [0.05, 0.1) is 24.4 Å². The second-order valence-electron chi connectivity index (χ2n) is 4.93. The van der Waals surface area contributed by atoms with Crippen LogP contribution in [0.3, 0.4) is 0 Å². The van der Waals surface area contributed by atoms with Crippen molar-refractivity contribution in [3.63, 3.8) is 0 Å². The molecule has 0 spiro atoms. The summed E-state index contributed by atoms with van der Waals surface area (Å²) in [5.41, 5.74) is 2.33. The van der Waals surface area contributed by atoms with Crippen molar-refractivity contribution in [1.29, 1.82) is 5.26 Å². The van der Waals surface area contributed by atoms with Crippen LogP contribution in [-0.4, -0.2) is 20.9 Å². The molecule has 112 valence electrons. The van der Waals surface area contributed by atoms with Gasteiger partial charge < -0.3 is 5.32 Å². The highest BCUT2D eigenvalue weighted by atomic mass is 16.2. The molecule has 0 unspecified atom stereocenters. The van der Waals surface area contributed by atoms with Gasteiger partial charge in [-0.3, -0.25) is 4.79 Å². The number of nitriles is 1. The number of amides is 1.